The highest BCUT2D eigenvalue weighted by atomic mass is 16.5. The van der Waals surface area contributed by atoms with Crippen molar-refractivity contribution in [1.29, 1.82) is 0 Å². The summed E-state index contributed by atoms with van der Waals surface area (Å²) in [6.45, 7) is 10.1. The van der Waals surface area contributed by atoms with Crippen molar-refractivity contribution in [1.82, 2.24) is 5.32 Å². The van der Waals surface area contributed by atoms with E-state index in [1.165, 1.54) is 12.8 Å². The van der Waals surface area contributed by atoms with E-state index in [-0.39, 0.29) is 11.8 Å². The van der Waals surface area contributed by atoms with Crippen LogP contribution in [0.1, 0.15) is 52.0 Å². The van der Waals surface area contributed by atoms with Crippen molar-refractivity contribution in [2.24, 2.45) is 23.7 Å². The first-order valence-electron chi connectivity index (χ1n) is 9.45. The third-order valence-corrected chi connectivity index (χ3v) is 5.33. The molecule has 1 aliphatic carbocycles. The Morgan fingerprint density at radius 1 is 1.29 bits per heavy atom. The molecule has 0 aromatic heterocycles. The molecule has 1 aromatic rings. The van der Waals surface area contributed by atoms with Crippen molar-refractivity contribution < 1.29 is 9.53 Å². The van der Waals surface area contributed by atoms with Gasteiger partial charge in [0.2, 0.25) is 5.91 Å². The molecule has 24 heavy (non-hydrogen) atoms. The quantitative estimate of drug-likeness (QED) is 0.742. The predicted molar refractivity (Wildman–Crippen MR) is 99.1 cm³/mol. The smallest absolute Gasteiger partial charge is 0.223 e. The SMILES string of the molecule is Cc1ccccc1OCCCNC(=O)[C@@H]1C[C@H](C)CC[C@H]1C(C)C. The summed E-state index contributed by atoms with van der Waals surface area (Å²) in [7, 11) is 0. The van der Waals surface area contributed by atoms with Crippen LogP contribution >= 0.6 is 0 Å². The zero-order valence-corrected chi connectivity index (χ0v) is 15.7. The minimum absolute atomic E-state index is 0.186. The molecule has 1 aliphatic rings. The second-order valence-corrected chi connectivity index (χ2v) is 7.69. The highest BCUT2D eigenvalue weighted by Crippen LogP contribution is 2.38. The molecule has 0 bridgehead atoms. The molecular formula is C21H33NO2. The van der Waals surface area contributed by atoms with E-state index < -0.39 is 0 Å². The lowest BCUT2D eigenvalue weighted by molar-refractivity contribution is -0.129. The Kier molecular flexibility index (Phi) is 7.14. The van der Waals surface area contributed by atoms with Crippen molar-refractivity contribution in [3.63, 3.8) is 0 Å². The largest absolute Gasteiger partial charge is 0.493 e. The van der Waals surface area contributed by atoms with Gasteiger partial charge in [-0.2, -0.15) is 0 Å². The van der Waals surface area contributed by atoms with Gasteiger partial charge in [-0.15, -0.1) is 0 Å². The molecule has 0 unspecified atom stereocenters. The van der Waals surface area contributed by atoms with Gasteiger partial charge in [0.25, 0.3) is 0 Å². The van der Waals surface area contributed by atoms with E-state index >= 15 is 0 Å². The first-order chi connectivity index (χ1) is 11.5. The lowest BCUT2D eigenvalue weighted by Gasteiger charge is -2.36. The predicted octanol–water partition coefficient (Wildman–Crippen LogP) is 4.59. The van der Waals surface area contributed by atoms with Crippen LogP contribution in [0.3, 0.4) is 0 Å². The number of hydrogen-bond donors (Lipinski definition) is 1. The Balaban J connectivity index is 1.73. The monoisotopic (exact) mass is 331 g/mol. The van der Waals surface area contributed by atoms with E-state index in [4.69, 9.17) is 4.74 Å². The lowest BCUT2D eigenvalue weighted by Crippen LogP contribution is -2.40. The van der Waals surface area contributed by atoms with Gasteiger partial charge in [-0.1, -0.05) is 45.4 Å². The van der Waals surface area contributed by atoms with Gasteiger partial charge in [-0.05, 0) is 55.6 Å². The third kappa shape index (κ3) is 5.25. The second-order valence-electron chi connectivity index (χ2n) is 7.69. The molecule has 0 radical (unpaired) electrons. The average Bonchev–Trinajstić information content (AvgIpc) is 2.55. The summed E-state index contributed by atoms with van der Waals surface area (Å²) in [6.07, 6.45) is 4.33. The van der Waals surface area contributed by atoms with Gasteiger partial charge < -0.3 is 10.1 Å². The Hall–Kier alpha value is -1.51. The molecule has 134 valence electrons. The summed E-state index contributed by atoms with van der Waals surface area (Å²) >= 11 is 0. The number of para-hydroxylation sites is 1. The van der Waals surface area contributed by atoms with Crippen molar-refractivity contribution in [3.8, 4) is 5.75 Å². The molecule has 0 spiro atoms. The standard InChI is InChI=1S/C21H33NO2/c1-15(2)18-11-10-16(3)14-19(18)21(23)22-12-7-13-24-20-9-6-5-8-17(20)4/h5-6,8-9,15-16,18-19H,7,10-14H2,1-4H3,(H,22,23)/t16-,18+,19-/m1/s1. The molecule has 0 heterocycles. The number of amides is 1. The number of nitrogens with one attached hydrogen (secondary N) is 1. The summed E-state index contributed by atoms with van der Waals surface area (Å²) in [4.78, 5) is 12.6. The van der Waals surface area contributed by atoms with Crippen LogP contribution in [0.25, 0.3) is 0 Å². The number of ether oxygens (including phenoxy) is 1. The molecule has 1 amide bonds. The van der Waals surface area contributed by atoms with E-state index in [0.717, 1.165) is 24.2 Å². The Labute approximate surface area is 147 Å². The fourth-order valence-corrected chi connectivity index (χ4v) is 3.82. The van der Waals surface area contributed by atoms with Gasteiger partial charge in [0.15, 0.2) is 0 Å². The summed E-state index contributed by atoms with van der Waals surface area (Å²) in [5.41, 5.74) is 1.15. The minimum atomic E-state index is 0.186. The maximum absolute atomic E-state index is 12.6. The highest BCUT2D eigenvalue weighted by molar-refractivity contribution is 5.79. The molecule has 3 heteroatoms. The molecule has 0 aliphatic heterocycles. The number of benzene rings is 1. The van der Waals surface area contributed by atoms with E-state index in [0.29, 0.717) is 30.9 Å². The number of aryl methyl sites for hydroxylation is 1. The van der Waals surface area contributed by atoms with Crippen molar-refractivity contribution in [2.45, 2.75) is 53.4 Å². The lowest BCUT2D eigenvalue weighted by atomic mass is 9.70. The number of carbonyl (C=O) groups is 1. The first-order valence-corrected chi connectivity index (χ1v) is 9.45. The number of hydrogen-bond acceptors (Lipinski definition) is 2. The summed E-state index contributed by atoms with van der Waals surface area (Å²) in [5, 5.41) is 3.14. The molecule has 1 aromatic carbocycles. The topological polar surface area (TPSA) is 38.3 Å². The fourth-order valence-electron chi connectivity index (χ4n) is 3.82. The van der Waals surface area contributed by atoms with Crippen molar-refractivity contribution in [2.75, 3.05) is 13.2 Å². The zero-order chi connectivity index (χ0) is 17.5. The van der Waals surface area contributed by atoms with E-state index in [1.54, 1.807) is 0 Å². The van der Waals surface area contributed by atoms with Crippen LogP contribution in [0.4, 0.5) is 0 Å². The Bertz CT molecular complexity index is 526. The molecule has 2 rings (SSSR count). The van der Waals surface area contributed by atoms with Crippen LogP contribution in [0, 0.1) is 30.6 Å². The van der Waals surface area contributed by atoms with Crippen molar-refractivity contribution >= 4 is 5.91 Å². The molecule has 1 fully saturated rings. The molecular weight excluding hydrogens is 298 g/mol. The zero-order valence-electron chi connectivity index (χ0n) is 15.7. The van der Waals surface area contributed by atoms with Crippen LogP contribution in [0.5, 0.6) is 5.75 Å². The highest BCUT2D eigenvalue weighted by Gasteiger charge is 2.35. The fraction of sp³-hybridized carbons (Fsp3) is 0.667. The van der Waals surface area contributed by atoms with Gasteiger partial charge in [0.05, 0.1) is 6.61 Å². The normalized spacial score (nSPS) is 24.0. The second kappa shape index (κ2) is 9.10. The summed E-state index contributed by atoms with van der Waals surface area (Å²) < 4.78 is 5.79. The van der Waals surface area contributed by atoms with Crippen LogP contribution in [-0.4, -0.2) is 19.1 Å². The Morgan fingerprint density at radius 2 is 2.04 bits per heavy atom. The van der Waals surface area contributed by atoms with E-state index in [1.807, 2.05) is 31.2 Å². The third-order valence-electron chi connectivity index (χ3n) is 5.33. The van der Waals surface area contributed by atoms with Gasteiger partial charge in [-0.3, -0.25) is 4.79 Å². The summed E-state index contributed by atoms with van der Waals surface area (Å²) in [6, 6.07) is 8.04. The van der Waals surface area contributed by atoms with Crippen LogP contribution < -0.4 is 10.1 Å². The van der Waals surface area contributed by atoms with Crippen LogP contribution in [0.15, 0.2) is 24.3 Å². The van der Waals surface area contributed by atoms with Gasteiger partial charge in [-0.25, -0.2) is 0 Å². The summed E-state index contributed by atoms with van der Waals surface area (Å²) in [5.74, 6) is 3.15. The molecule has 1 saturated carbocycles. The number of carbonyl (C=O) groups excluding carboxylic acids is 1. The average molecular weight is 332 g/mol. The van der Waals surface area contributed by atoms with Crippen molar-refractivity contribution in [3.05, 3.63) is 29.8 Å². The molecule has 0 saturated heterocycles. The van der Waals surface area contributed by atoms with Crippen LogP contribution in [-0.2, 0) is 4.79 Å². The number of rotatable bonds is 7. The van der Waals surface area contributed by atoms with Gasteiger partial charge in [0, 0.05) is 12.5 Å². The molecule has 1 N–H and O–H groups in total. The maximum atomic E-state index is 12.6. The minimum Gasteiger partial charge on any atom is -0.493 e. The molecule has 3 nitrogen and oxygen atoms in total. The van der Waals surface area contributed by atoms with E-state index in [9.17, 15) is 4.79 Å². The van der Waals surface area contributed by atoms with Gasteiger partial charge in [0.1, 0.15) is 5.75 Å². The van der Waals surface area contributed by atoms with E-state index in [2.05, 4.69) is 26.1 Å². The first kappa shape index (κ1) is 18.8. The van der Waals surface area contributed by atoms with Gasteiger partial charge >= 0.3 is 0 Å². The maximum Gasteiger partial charge on any atom is 0.223 e. The van der Waals surface area contributed by atoms with Crippen LogP contribution in [0.2, 0.25) is 0 Å². The molecule has 3 atom stereocenters. The Morgan fingerprint density at radius 3 is 2.75 bits per heavy atom.